The number of benzene rings is 1. The number of hydrogen-bond acceptors (Lipinski definition) is 3. The first-order valence-corrected chi connectivity index (χ1v) is 3.28. The van der Waals surface area contributed by atoms with E-state index in [0.29, 0.717) is 10.8 Å². The van der Waals surface area contributed by atoms with Crippen LogP contribution in [0, 0.1) is 11.6 Å². The molecule has 0 saturated heterocycles. The lowest BCUT2D eigenvalue weighted by molar-refractivity contribution is -0.0329. The van der Waals surface area contributed by atoms with Crippen LogP contribution in [0.25, 0.3) is 0 Å². The van der Waals surface area contributed by atoms with Gasteiger partial charge in [-0.25, -0.2) is 13.6 Å². The average molecular weight is 173 g/mol. The number of rotatable bonds is 0. The van der Waals surface area contributed by atoms with Gasteiger partial charge in [-0.15, -0.1) is 5.23 Å². The van der Waals surface area contributed by atoms with Crippen LogP contribution >= 0.6 is 0 Å². The Hall–Kier alpha value is -1.20. The molecule has 0 fully saturated rings. The summed E-state index contributed by atoms with van der Waals surface area (Å²) in [5.41, 5.74) is 0.574. The van der Waals surface area contributed by atoms with Crippen molar-refractivity contribution in [2.24, 2.45) is 0 Å². The molecule has 1 aromatic rings. The normalized spacial score (nSPS) is 15.1. The molecule has 0 radical (unpaired) electrons. The van der Waals surface area contributed by atoms with Gasteiger partial charge in [0.2, 0.25) is 0 Å². The maximum absolute atomic E-state index is 12.6. The quantitative estimate of drug-likeness (QED) is 0.646. The molecule has 0 aromatic heterocycles. The zero-order valence-electron chi connectivity index (χ0n) is 5.92. The van der Waals surface area contributed by atoms with Crippen LogP contribution in [0.15, 0.2) is 12.1 Å². The van der Waals surface area contributed by atoms with Crippen LogP contribution in [-0.2, 0) is 11.4 Å². The van der Waals surface area contributed by atoms with E-state index in [0.717, 1.165) is 12.1 Å². The highest BCUT2D eigenvalue weighted by Gasteiger charge is 2.21. The zero-order chi connectivity index (χ0) is 8.72. The Bertz CT molecular complexity index is 329. The molecule has 3 nitrogen and oxygen atoms in total. The van der Waals surface area contributed by atoms with E-state index >= 15 is 0 Å². The third kappa shape index (κ3) is 0.945. The summed E-state index contributed by atoms with van der Waals surface area (Å²) in [6, 6.07) is 1.89. The van der Waals surface area contributed by atoms with Crippen molar-refractivity contribution in [3.8, 4) is 0 Å². The maximum Gasteiger partial charge on any atom is 0.161 e. The molecule has 1 N–H and O–H groups in total. The second kappa shape index (κ2) is 2.40. The SMILES string of the molecule is ON1OCc2cc(F)c(F)cc21. The number of fused-ring (bicyclic) bond motifs is 1. The molecular weight excluding hydrogens is 168 g/mol. The van der Waals surface area contributed by atoms with Gasteiger partial charge in [0.1, 0.15) is 12.3 Å². The predicted octanol–water partition coefficient (Wildman–Crippen LogP) is 1.61. The maximum atomic E-state index is 12.6. The summed E-state index contributed by atoms with van der Waals surface area (Å²) >= 11 is 0. The molecule has 12 heavy (non-hydrogen) atoms. The summed E-state index contributed by atoms with van der Waals surface area (Å²) < 4.78 is 25.1. The Balaban J connectivity index is 2.56. The molecule has 0 unspecified atom stereocenters. The van der Waals surface area contributed by atoms with Crippen LogP contribution in [0.4, 0.5) is 14.5 Å². The van der Waals surface area contributed by atoms with Crippen LogP contribution in [0.1, 0.15) is 5.56 Å². The second-order valence-electron chi connectivity index (χ2n) is 2.44. The summed E-state index contributed by atoms with van der Waals surface area (Å²) in [6.07, 6.45) is 0. The molecule has 0 spiro atoms. The molecule has 0 amide bonds. The average Bonchev–Trinajstić information content (AvgIpc) is 2.35. The fraction of sp³-hybridized carbons (Fsp3) is 0.143. The van der Waals surface area contributed by atoms with E-state index in [2.05, 4.69) is 4.84 Å². The van der Waals surface area contributed by atoms with E-state index in [4.69, 9.17) is 5.21 Å². The highest BCUT2D eigenvalue weighted by Crippen LogP contribution is 2.29. The largest absolute Gasteiger partial charge is 0.264 e. The van der Waals surface area contributed by atoms with Gasteiger partial charge in [-0.1, -0.05) is 0 Å². The molecule has 1 aliphatic heterocycles. The smallest absolute Gasteiger partial charge is 0.161 e. The highest BCUT2D eigenvalue weighted by atomic mass is 19.2. The Kier molecular flexibility index (Phi) is 1.49. The predicted molar refractivity (Wildman–Crippen MR) is 35.4 cm³/mol. The van der Waals surface area contributed by atoms with Crippen molar-refractivity contribution in [2.75, 3.05) is 5.23 Å². The Morgan fingerprint density at radius 3 is 2.75 bits per heavy atom. The van der Waals surface area contributed by atoms with Crippen molar-refractivity contribution in [2.45, 2.75) is 6.61 Å². The van der Waals surface area contributed by atoms with Crippen LogP contribution in [0.2, 0.25) is 0 Å². The number of nitrogens with zero attached hydrogens (tertiary/aromatic N) is 1. The van der Waals surface area contributed by atoms with E-state index in [-0.39, 0.29) is 12.3 Å². The highest BCUT2D eigenvalue weighted by molar-refractivity contribution is 5.52. The van der Waals surface area contributed by atoms with E-state index in [1.165, 1.54) is 0 Å². The number of anilines is 1. The first-order valence-electron chi connectivity index (χ1n) is 3.28. The minimum Gasteiger partial charge on any atom is -0.264 e. The lowest BCUT2D eigenvalue weighted by Gasteiger charge is -2.06. The Morgan fingerprint density at radius 1 is 1.33 bits per heavy atom. The van der Waals surface area contributed by atoms with E-state index in [9.17, 15) is 8.78 Å². The molecule has 0 aliphatic carbocycles. The van der Waals surface area contributed by atoms with Gasteiger partial charge in [0.25, 0.3) is 0 Å². The van der Waals surface area contributed by atoms with Gasteiger partial charge in [0, 0.05) is 11.6 Å². The summed E-state index contributed by atoms with van der Waals surface area (Å²) in [4.78, 5) is 4.59. The first-order chi connectivity index (χ1) is 5.68. The molecule has 1 heterocycles. The molecule has 64 valence electrons. The molecule has 1 aliphatic rings. The van der Waals surface area contributed by atoms with Gasteiger partial charge in [-0.2, -0.15) is 0 Å². The summed E-state index contributed by atoms with van der Waals surface area (Å²) in [7, 11) is 0. The van der Waals surface area contributed by atoms with E-state index in [1.54, 1.807) is 0 Å². The summed E-state index contributed by atoms with van der Waals surface area (Å²) in [6.45, 7) is 0.0586. The van der Waals surface area contributed by atoms with Crippen molar-refractivity contribution in [1.29, 1.82) is 0 Å². The molecule has 0 saturated carbocycles. The van der Waals surface area contributed by atoms with Crippen LogP contribution in [-0.4, -0.2) is 5.21 Å². The number of hydrogen-bond donors (Lipinski definition) is 1. The minimum atomic E-state index is -1.00. The second-order valence-corrected chi connectivity index (χ2v) is 2.44. The van der Waals surface area contributed by atoms with Crippen molar-refractivity contribution < 1.29 is 18.8 Å². The fourth-order valence-electron chi connectivity index (χ4n) is 1.07. The Morgan fingerprint density at radius 2 is 2.00 bits per heavy atom. The molecule has 5 heteroatoms. The van der Waals surface area contributed by atoms with Crippen molar-refractivity contribution >= 4 is 5.69 Å². The van der Waals surface area contributed by atoms with Gasteiger partial charge in [0.15, 0.2) is 11.6 Å². The van der Waals surface area contributed by atoms with Crippen molar-refractivity contribution in [3.05, 3.63) is 29.3 Å². The molecular formula is C7H5F2NO2. The zero-order valence-corrected chi connectivity index (χ0v) is 5.92. The number of halogens is 2. The first kappa shape index (κ1) is 7.45. The van der Waals surface area contributed by atoms with Gasteiger partial charge >= 0.3 is 0 Å². The minimum absolute atomic E-state index is 0.0586. The van der Waals surface area contributed by atoms with Gasteiger partial charge in [-0.05, 0) is 6.07 Å². The third-order valence-corrected chi connectivity index (χ3v) is 1.67. The van der Waals surface area contributed by atoms with Crippen molar-refractivity contribution in [3.63, 3.8) is 0 Å². The fourth-order valence-corrected chi connectivity index (χ4v) is 1.07. The lowest BCUT2D eigenvalue weighted by Crippen LogP contribution is -2.11. The lowest BCUT2D eigenvalue weighted by atomic mass is 10.2. The summed E-state index contributed by atoms with van der Waals surface area (Å²) in [5.74, 6) is -1.94. The van der Waals surface area contributed by atoms with E-state index in [1.807, 2.05) is 0 Å². The van der Waals surface area contributed by atoms with E-state index < -0.39 is 11.6 Å². The molecule has 2 rings (SSSR count). The molecule has 0 atom stereocenters. The van der Waals surface area contributed by atoms with Crippen LogP contribution in [0.5, 0.6) is 0 Å². The van der Waals surface area contributed by atoms with Gasteiger partial charge < -0.3 is 0 Å². The monoisotopic (exact) mass is 173 g/mol. The van der Waals surface area contributed by atoms with Gasteiger partial charge in [-0.3, -0.25) is 5.21 Å². The topological polar surface area (TPSA) is 32.7 Å². The molecule has 0 bridgehead atoms. The van der Waals surface area contributed by atoms with Crippen molar-refractivity contribution in [1.82, 2.24) is 0 Å². The van der Waals surface area contributed by atoms with Crippen LogP contribution in [0.3, 0.4) is 0 Å². The standard InChI is InChI=1S/C7H5F2NO2/c8-5-1-4-3-12-10(11)7(4)2-6(5)9/h1-2,11H,3H2. The summed E-state index contributed by atoms with van der Waals surface area (Å²) in [5, 5.41) is 9.35. The molecule has 1 aromatic carbocycles. The third-order valence-electron chi connectivity index (χ3n) is 1.67. The van der Waals surface area contributed by atoms with Crippen LogP contribution < -0.4 is 5.23 Å². The Labute approximate surface area is 66.7 Å². The van der Waals surface area contributed by atoms with Gasteiger partial charge in [0.05, 0.1) is 0 Å².